The minimum absolute atomic E-state index is 0.0978. The van der Waals surface area contributed by atoms with Crippen LogP contribution in [0.25, 0.3) is 0 Å². The number of rotatable bonds is 4. The molecule has 1 rings (SSSR count). The van der Waals surface area contributed by atoms with Crippen LogP contribution >= 0.6 is 0 Å². The Kier molecular flexibility index (Phi) is 4.20. The quantitative estimate of drug-likeness (QED) is 0.659. The molecule has 1 aliphatic rings. The van der Waals surface area contributed by atoms with E-state index in [4.69, 9.17) is 11.5 Å². The molecule has 13 heavy (non-hydrogen) atoms. The molecule has 0 amide bonds. The third kappa shape index (κ3) is 2.68. The van der Waals surface area contributed by atoms with E-state index >= 15 is 0 Å². The second-order valence-corrected chi connectivity index (χ2v) is 4.55. The highest BCUT2D eigenvalue weighted by atomic mass is 14.9. The molecule has 78 valence electrons. The van der Waals surface area contributed by atoms with Gasteiger partial charge in [0.2, 0.25) is 0 Å². The molecule has 2 heteroatoms. The Labute approximate surface area is 82.1 Å². The molecule has 1 fully saturated rings. The lowest BCUT2D eigenvalue weighted by Crippen LogP contribution is -2.49. The molecule has 0 spiro atoms. The molecule has 0 atom stereocenters. The van der Waals surface area contributed by atoms with Gasteiger partial charge in [-0.05, 0) is 24.7 Å². The molecule has 0 aromatic carbocycles. The third-order valence-corrected chi connectivity index (χ3v) is 3.58. The van der Waals surface area contributed by atoms with Crippen LogP contribution < -0.4 is 11.5 Å². The minimum atomic E-state index is -0.0978. The molecular formula is C11H24N2. The van der Waals surface area contributed by atoms with Gasteiger partial charge in [-0.3, -0.25) is 0 Å². The summed E-state index contributed by atoms with van der Waals surface area (Å²) in [5, 5.41) is 0. The van der Waals surface area contributed by atoms with Crippen LogP contribution in [0.1, 0.15) is 58.3 Å². The molecule has 0 aromatic rings. The maximum absolute atomic E-state index is 5.92. The molecule has 0 heterocycles. The van der Waals surface area contributed by atoms with E-state index in [1.165, 1.54) is 51.4 Å². The lowest BCUT2D eigenvalue weighted by molar-refractivity contribution is 0.129. The first-order valence-corrected chi connectivity index (χ1v) is 5.72. The first-order valence-electron chi connectivity index (χ1n) is 5.72. The summed E-state index contributed by atoms with van der Waals surface area (Å²) in [4.78, 5) is 0. The summed E-state index contributed by atoms with van der Waals surface area (Å²) in [7, 11) is 0. The number of nitrogens with two attached hydrogens (primary N) is 2. The Morgan fingerprint density at radius 1 is 1.15 bits per heavy atom. The Morgan fingerprint density at radius 3 is 2.23 bits per heavy atom. The van der Waals surface area contributed by atoms with Gasteiger partial charge in [0.1, 0.15) is 0 Å². The number of hydrogen-bond donors (Lipinski definition) is 2. The van der Waals surface area contributed by atoms with Crippen molar-refractivity contribution in [1.29, 1.82) is 0 Å². The van der Waals surface area contributed by atoms with Gasteiger partial charge in [0, 0.05) is 0 Å². The number of hydrogen-bond acceptors (Lipinski definition) is 2. The van der Waals surface area contributed by atoms with Gasteiger partial charge < -0.3 is 11.5 Å². The fourth-order valence-corrected chi connectivity index (χ4v) is 2.53. The molecular weight excluding hydrogens is 160 g/mol. The van der Waals surface area contributed by atoms with Gasteiger partial charge in [-0.15, -0.1) is 0 Å². The van der Waals surface area contributed by atoms with Gasteiger partial charge >= 0.3 is 0 Å². The molecule has 0 bridgehead atoms. The van der Waals surface area contributed by atoms with Gasteiger partial charge in [0.05, 0.1) is 6.17 Å². The largest absolute Gasteiger partial charge is 0.316 e. The second kappa shape index (κ2) is 4.97. The Morgan fingerprint density at radius 2 is 1.77 bits per heavy atom. The van der Waals surface area contributed by atoms with E-state index in [9.17, 15) is 0 Å². The lowest BCUT2D eigenvalue weighted by atomic mass is 9.69. The zero-order valence-corrected chi connectivity index (χ0v) is 8.89. The van der Waals surface area contributed by atoms with Crippen molar-refractivity contribution in [2.45, 2.75) is 64.5 Å². The van der Waals surface area contributed by atoms with Crippen molar-refractivity contribution in [2.75, 3.05) is 0 Å². The molecule has 0 radical (unpaired) electrons. The summed E-state index contributed by atoms with van der Waals surface area (Å²) in [6, 6.07) is 0. The summed E-state index contributed by atoms with van der Waals surface area (Å²) < 4.78 is 0. The highest BCUT2D eigenvalue weighted by Gasteiger charge is 2.35. The van der Waals surface area contributed by atoms with Crippen molar-refractivity contribution >= 4 is 0 Å². The fourth-order valence-electron chi connectivity index (χ4n) is 2.53. The maximum atomic E-state index is 5.92. The smallest absolute Gasteiger partial charge is 0.0578 e. The van der Waals surface area contributed by atoms with Crippen LogP contribution in [0.3, 0.4) is 0 Å². The molecule has 2 nitrogen and oxygen atoms in total. The van der Waals surface area contributed by atoms with E-state index in [1.54, 1.807) is 0 Å². The van der Waals surface area contributed by atoms with Gasteiger partial charge in [-0.2, -0.15) is 0 Å². The van der Waals surface area contributed by atoms with Crippen LogP contribution in [0.2, 0.25) is 0 Å². The maximum Gasteiger partial charge on any atom is 0.0578 e. The summed E-state index contributed by atoms with van der Waals surface area (Å²) >= 11 is 0. The molecule has 0 unspecified atom stereocenters. The topological polar surface area (TPSA) is 52.0 Å². The average molecular weight is 184 g/mol. The van der Waals surface area contributed by atoms with Crippen molar-refractivity contribution in [2.24, 2.45) is 16.9 Å². The fraction of sp³-hybridized carbons (Fsp3) is 1.00. The SMILES string of the molecule is CCCCC1(C(N)N)CCCCC1. The molecule has 0 aliphatic heterocycles. The summed E-state index contributed by atoms with van der Waals surface area (Å²) in [6.45, 7) is 2.23. The zero-order valence-electron chi connectivity index (χ0n) is 8.89. The molecule has 1 aliphatic carbocycles. The van der Waals surface area contributed by atoms with Gasteiger partial charge in [0.15, 0.2) is 0 Å². The van der Waals surface area contributed by atoms with Gasteiger partial charge in [-0.1, -0.05) is 39.0 Å². The summed E-state index contributed by atoms with van der Waals surface area (Å²) in [6.07, 6.45) is 10.2. The van der Waals surface area contributed by atoms with E-state index in [1.807, 2.05) is 0 Å². The standard InChI is InChI=1S/C11H24N2/c1-2-3-7-11(10(12)13)8-5-4-6-9-11/h10H,2-9,12-13H2,1H3. The normalized spacial score (nSPS) is 22.2. The van der Waals surface area contributed by atoms with Gasteiger partial charge in [0.25, 0.3) is 0 Å². The van der Waals surface area contributed by atoms with Crippen molar-refractivity contribution in [3.8, 4) is 0 Å². The van der Waals surface area contributed by atoms with E-state index in [2.05, 4.69) is 6.92 Å². The van der Waals surface area contributed by atoms with Crippen LogP contribution in [0, 0.1) is 5.41 Å². The van der Waals surface area contributed by atoms with Gasteiger partial charge in [-0.25, -0.2) is 0 Å². The molecule has 0 aromatic heterocycles. The van der Waals surface area contributed by atoms with E-state index in [0.717, 1.165) is 0 Å². The van der Waals surface area contributed by atoms with E-state index in [0.29, 0.717) is 0 Å². The predicted octanol–water partition coefficient (Wildman–Crippen LogP) is 2.37. The number of unbranched alkanes of at least 4 members (excludes halogenated alkanes) is 1. The Hall–Kier alpha value is -0.0800. The highest BCUT2D eigenvalue weighted by molar-refractivity contribution is 4.88. The minimum Gasteiger partial charge on any atom is -0.316 e. The van der Waals surface area contributed by atoms with Crippen LogP contribution in [-0.2, 0) is 0 Å². The van der Waals surface area contributed by atoms with Crippen molar-refractivity contribution in [3.63, 3.8) is 0 Å². The second-order valence-electron chi connectivity index (χ2n) is 4.55. The van der Waals surface area contributed by atoms with E-state index in [-0.39, 0.29) is 11.6 Å². The third-order valence-electron chi connectivity index (χ3n) is 3.58. The zero-order chi connectivity index (χ0) is 9.73. The molecule has 0 saturated heterocycles. The predicted molar refractivity (Wildman–Crippen MR) is 57.2 cm³/mol. The van der Waals surface area contributed by atoms with Crippen LogP contribution in [0.15, 0.2) is 0 Å². The van der Waals surface area contributed by atoms with Crippen LogP contribution in [-0.4, -0.2) is 6.17 Å². The van der Waals surface area contributed by atoms with E-state index < -0.39 is 0 Å². The lowest BCUT2D eigenvalue weighted by Gasteiger charge is -2.40. The monoisotopic (exact) mass is 184 g/mol. The summed E-state index contributed by atoms with van der Waals surface area (Å²) in [5.41, 5.74) is 12.1. The summed E-state index contributed by atoms with van der Waals surface area (Å²) in [5.74, 6) is 0. The molecule has 4 N–H and O–H groups in total. The Bertz CT molecular complexity index is 137. The Balaban J connectivity index is 2.51. The highest BCUT2D eigenvalue weighted by Crippen LogP contribution is 2.41. The first-order chi connectivity index (χ1) is 6.21. The first kappa shape index (κ1) is 11.0. The average Bonchev–Trinajstić information content (AvgIpc) is 2.16. The van der Waals surface area contributed by atoms with Crippen LogP contribution in [0.4, 0.5) is 0 Å². The molecule has 1 saturated carbocycles. The van der Waals surface area contributed by atoms with Crippen molar-refractivity contribution in [3.05, 3.63) is 0 Å². The van der Waals surface area contributed by atoms with Crippen LogP contribution in [0.5, 0.6) is 0 Å². The van der Waals surface area contributed by atoms with Crippen molar-refractivity contribution < 1.29 is 0 Å². The van der Waals surface area contributed by atoms with Crippen molar-refractivity contribution in [1.82, 2.24) is 0 Å².